The summed E-state index contributed by atoms with van der Waals surface area (Å²) in [5.41, 5.74) is 5.74. The van der Waals surface area contributed by atoms with Crippen molar-refractivity contribution in [3.8, 4) is 5.75 Å². The van der Waals surface area contributed by atoms with Gasteiger partial charge in [-0.1, -0.05) is 48.9 Å². The number of ether oxygens (including phenoxy) is 1. The standard InChI is InChI=1S/C28H28N2O3/c1-5-14-33-23-11-7-10-22(17-23)30-27(31)25(24-13-12-19(3)15-20(24)4)26(28(30)32)29-21-9-6-8-18(2)16-21/h6-13,15-17,29H,5,14H2,1-4H3. The van der Waals surface area contributed by atoms with Crippen molar-refractivity contribution in [3.63, 3.8) is 0 Å². The summed E-state index contributed by atoms with van der Waals surface area (Å²) in [6.45, 7) is 8.55. The van der Waals surface area contributed by atoms with Crippen molar-refractivity contribution in [1.29, 1.82) is 0 Å². The molecule has 1 aliphatic heterocycles. The minimum absolute atomic E-state index is 0.275. The highest BCUT2D eigenvalue weighted by Crippen LogP contribution is 2.36. The third-order valence-electron chi connectivity index (χ3n) is 5.57. The van der Waals surface area contributed by atoms with Crippen LogP contribution in [0.1, 0.15) is 35.6 Å². The van der Waals surface area contributed by atoms with E-state index in [1.165, 1.54) is 4.90 Å². The zero-order valence-corrected chi connectivity index (χ0v) is 19.4. The molecule has 5 heteroatoms. The van der Waals surface area contributed by atoms with Gasteiger partial charge in [-0.3, -0.25) is 9.59 Å². The average Bonchev–Trinajstić information content (AvgIpc) is 3.02. The maximum Gasteiger partial charge on any atom is 0.282 e. The Morgan fingerprint density at radius 3 is 2.33 bits per heavy atom. The number of amides is 2. The lowest BCUT2D eigenvalue weighted by Gasteiger charge is -2.17. The van der Waals surface area contributed by atoms with Crippen molar-refractivity contribution >= 4 is 28.8 Å². The van der Waals surface area contributed by atoms with E-state index in [2.05, 4.69) is 5.32 Å². The van der Waals surface area contributed by atoms with E-state index in [-0.39, 0.29) is 17.5 Å². The lowest BCUT2D eigenvalue weighted by molar-refractivity contribution is -0.120. The second kappa shape index (κ2) is 9.33. The van der Waals surface area contributed by atoms with Crippen LogP contribution in [0.3, 0.4) is 0 Å². The van der Waals surface area contributed by atoms with Crippen molar-refractivity contribution in [2.45, 2.75) is 34.1 Å². The Morgan fingerprint density at radius 1 is 0.848 bits per heavy atom. The Labute approximate surface area is 194 Å². The van der Waals surface area contributed by atoms with Crippen LogP contribution in [0.15, 0.2) is 72.4 Å². The number of anilines is 2. The second-order valence-electron chi connectivity index (χ2n) is 8.35. The Bertz CT molecular complexity index is 1260. The number of nitrogens with zero attached hydrogens (tertiary/aromatic N) is 1. The maximum absolute atomic E-state index is 13.7. The molecule has 168 valence electrons. The molecular formula is C28H28N2O3. The summed E-state index contributed by atoms with van der Waals surface area (Å²) in [7, 11) is 0. The fourth-order valence-corrected chi connectivity index (χ4v) is 4.02. The molecule has 0 bridgehead atoms. The van der Waals surface area contributed by atoms with E-state index < -0.39 is 0 Å². The van der Waals surface area contributed by atoms with E-state index in [1.807, 2.05) is 76.2 Å². The quantitative estimate of drug-likeness (QED) is 0.472. The van der Waals surface area contributed by atoms with Crippen molar-refractivity contribution in [2.24, 2.45) is 0 Å². The lowest BCUT2D eigenvalue weighted by Crippen LogP contribution is -2.32. The van der Waals surface area contributed by atoms with Crippen molar-refractivity contribution in [1.82, 2.24) is 0 Å². The first-order valence-electron chi connectivity index (χ1n) is 11.2. The van der Waals surface area contributed by atoms with Gasteiger partial charge in [0.1, 0.15) is 11.4 Å². The van der Waals surface area contributed by atoms with Crippen LogP contribution < -0.4 is 15.0 Å². The first kappa shape index (κ1) is 22.3. The van der Waals surface area contributed by atoms with Gasteiger partial charge in [0.2, 0.25) is 0 Å². The van der Waals surface area contributed by atoms with Gasteiger partial charge in [-0.25, -0.2) is 4.90 Å². The molecule has 3 aromatic carbocycles. The zero-order valence-electron chi connectivity index (χ0n) is 19.4. The average molecular weight is 441 g/mol. The van der Waals surface area contributed by atoms with Gasteiger partial charge in [0.05, 0.1) is 17.9 Å². The highest BCUT2D eigenvalue weighted by Gasteiger charge is 2.40. The van der Waals surface area contributed by atoms with Crippen LogP contribution in [0.2, 0.25) is 0 Å². The second-order valence-corrected chi connectivity index (χ2v) is 8.35. The molecule has 1 N–H and O–H groups in total. The van der Waals surface area contributed by atoms with Gasteiger partial charge in [0, 0.05) is 11.8 Å². The topological polar surface area (TPSA) is 58.6 Å². The summed E-state index contributed by atoms with van der Waals surface area (Å²) < 4.78 is 5.73. The van der Waals surface area contributed by atoms with Crippen LogP contribution in [0.4, 0.5) is 11.4 Å². The number of imide groups is 1. The highest BCUT2D eigenvalue weighted by molar-refractivity contribution is 6.46. The SMILES string of the molecule is CCCOc1cccc(N2C(=O)C(Nc3cccc(C)c3)=C(c3ccc(C)cc3C)C2=O)c1. The number of hydrogen-bond acceptors (Lipinski definition) is 4. The van der Waals surface area contributed by atoms with Crippen LogP contribution >= 0.6 is 0 Å². The van der Waals surface area contributed by atoms with E-state index in [4.69, 9.17) is 4.74 Å². The number of hydrogen-bond donors (Lipinski definition) is 1. The number of benzene rings is 3. The summed E-state index contributed by atoms with van der Waals surface area (Å²) in [6, 6.07) is 20.7. The smallest absolute Gasteiger partial charge is 0.282 e. The summed E-state index contributed by atoms with van der Waals surface area (Å²) >= 11 is 0. The fraction of sp³-hybridized carbons (Fsp3) is 0.214. The first-order chi connectivity index (χ1) is 15.9. The molecule has 0 saturated carbocycles. The van der Waals surface area contributed by atoms with E-state index in [9.17, 15) is 9.59 Å². The molecule has 0 atom stereocenters. The van der Waals surface area contributed by atoms with E-state index in [0.29, 0.717) is 23.6 Å². The van der Waals surface area contributed by atoms with E-state index in [0.717, 1.165) is 34.4 Å². The lowest BCUT2D eigenvalue weighted by atomic mass is 9.97. The normalized spacial score (nSPS) is 13.6. The van der Waals surface area contributed by atoms with Gasteiger partial charge in [0.25, 0.3) is 11.8 Å². The largest absolute Gasteiger partial charge is 0.494 e. The van der Waals surface area contributed by atoms with Gasteiger partial charge < -0.3 is 10.1 Å². The predicted molar refractivity (Wildman–Crippen MR) is 132 cm³/mol. The van der Waals surface area contributed by atoms with Crippen molar-refractivity contribution in [2.75, 3.05) is 16.8 Å². The van der Waals surface area contributed by atoms with Gasteiger partial charge in [-0.05, 0) is 68.1 Å². The Kier molecular flexibility index (Phi) is 6.31. The number of aryl methyl sites for hydroxylation is 3. The summed E-state index contributed by atoms with van der Waals surface area (Å²) in [5, 5.41) is 3.24. The summed E-state index contributed by atoms with van der Waals surface area (Å²) in [6.07, 6.45) is 0.870. The molecule has 4 rings (SSSR count). The van der Waals surface area contributed by atoms with Gasteiger partial charge in [0.15, 0.2) is 0 Å². The number of nitrogens with one attached hydrogen (secondary N) is 1. The molecule has 1 heterocycles. The molecule has 0 aromatic heterocycles. The predicted octanol–water partition coefficient (Wildman–Crippen LogP) is 5.80. The Hall–Kier alpha value is -3.86. The molecular weight excluding hydrogens is 412 g/mol. The summed E-state index contributed by atoms with van der Waals surface area (Å²) in [5.74, 6) is -0.109. The fourth-order valence-electron chi connectivity index (χ4n) is 4.02. The summed E-state index contributed by atoms with van der Waals surface area (Å²) in [4.78, 5) is 28.6. The van der Waals surface area contributed by atoms with E-state index >= 15 is 0 Å². The molecule has 0 radical (unpaired) electrons. The van der Waals surface area contributed by atoms with Crippen LogP contribution in [-0.2, 0) is 9.59 Å². The van der Waals surface area contributed by atoms with Crippen molar-refractivity contribution in [3.05, 3.63) is 94.7 Å². The van der Waals surface area contributed by atoms with E-state index in [1.54, 1.807) is 18.2 Å². The molecule has 3 aromatic rings. The molecule has 1 aliphatic rings. The molecule has 0 fully saturated rings. The number of carbonyl (C=O) groups excluding carboxylic acids is 2. The molecule has 0 saturated heterocycles. The zero-order chi connectivity index (χ0) is 23.5. The minimum atomic E-state index is -0.385. The molecule has 2 amide bonds. The van der Waals surface area contributed by atoms with Crippen LogP contribution in [0.5, 0.6) is 5.75 Å². The highest BCUT2D eigenvalue weighted by atomic mass is 16.5. The molecule has 0 aliphatic carbocycles. The minimum Gasteiger partial charge on any atom is -0.494 e. The molecule has 33 heavy (non-hydrogen) atoms. The molecule has 5 nitrogen and oxygen atoms in total. The monoisotopic (exact) mass is 440 g/mol. The van der Waals surface area contributed by atoms with Gasteiger partial charge >= 0.3 is 0 Å². The maximum atomic E-state index is 13.7. The number of rotatable bonds is 7. The third kappa shape index (κ3) is 4.53. The molecule has 0 spiro atoms. The third-order valence-corrected chi connectivity index (χ3v) is 5.57. The van der Waals surface area contributed by atoms with Crippen LogP contribution in [0.25, 0.3) is 5.57 Å². The first-order valence-corrected chi connectivity index (χ1v) is 11.2. The van der Waals surface area contributed by atoms with Crippen molar-refractivity contribution < 1.29 is 14.3 Å². The molecule has 0 unspecified atom stereocenters. The Morgan fingerprint density at radius 2 is 1.61 bits per heavy atom. The van der Waals surface area contributed by atoms with Gasteiger partial charge in [-0.2, -0.15) is 0 Å². The Balaban J connectivity index is 1.80. The van der Waals surface area contributed by atoms with Gasteiger partial charge in [-0.15, -0.1) is 0 Å². The number of carbonyl (C=O) groups is 2. The van der Waals surface area contributed by atoms with Crippen LogP contribution in [0, 0.1) is 20.8 Å². The van der Waals surface area contributed by atoms with Crippen LogP contribution in [-0.4, -0.2) is 18.4 Å².